The molecule has 0 bridgehead atoms. The molecule has 9 heteroatoms. The summed E-state index contributed by atoms with van der Waals surface area (Å²) >= 11 is 4.65. The highest BCUT2D eigenvalue weighted by atomic mass is 79.9. The van der Waals surface area contributed by atoms with Crippen molar-refractivity contribution < 1.29 is 14.6 Å². The summed E-state index contributed by atoms with van der Waals surface area (Å²) in [5.41, 5.74) is 1.15. The number of nitrogens with one attached hydrogen (secondary N) is 1. The van der Waals surface area contributed by atoms with Gasteiger partial charge < -0.3 is 15.2 Å². The standard InChI is InChI=1S/C20H19BrN4O3S/c1-3-10-25-19(14-11-13(21)8-9-16(14)26)23-24-20(25)29-12-18(27)22-15-6-4-5-7-17(15)28-2/h3-9,11,26H,1,10,12H2,2H3,(H,22,27). The van der Waals surface area contributed by atoms with Gasteiger partial charge in [-0.3, -0.25) is 9.36 Å². The average molecular weight is 475 g/mol. The summed E-state index contributed by atoms with van der Waals surface area (Å²) in [7, 11) is 1.55. The number of amides is 1. The van der Waals surface area contributed by atoms with Crippen LogP contribution in [-0.4, -0.2) is 38.6 Å². The Kier molecular flexibility index (Phi) is 6.95. The zero-order valence-corrected chi connectivity index (χ0v) is 18.0. The van der Waals surface area contributed by atoms with Crippen LogP contribution in [0, 0.1) is 0 Å². The van der Waals surface area contributed by atoms with E-state index in [1.807, 2.05) is 12.1 Å². The highest BCUT2D eigenvalue weighted by molar-refractivity contribution is 9.10. The molecule has 0 aliphatic carbocycles. The van der Waals surface area contributed by atoms with E-state index < -0.39 is 0 Å². The van der Waals surface area contributed by atoms with Gasteiger partial charge in [0.15, 0.2) is 11.0 Å². The maximum atomic E-state index is 12.4. The van der Waals surface area contributed by atoms with Gasteiger partial charge in [-0.15, -0.1) is 16.8 Å². The van der Waals surface area contributed by atoms with E-state index in [9.17, 15) is 9.90 Å². The number of hydrogen-bond acceptors (Lipinski definition) is 6. The summed E-state index contributed by atoms with van der Waals surface area (Å²) in [6.07, 6.45) is 1.71. The molecule has 2 N–H and O–H groups in total. The number of halogens is 1. The molecule has 1 aromatic heterocycles. The van der Waals surface area contributed by atoms with Gasteiger partial charge in [0.2, 0.25) is 5.91 Å². The normalized spacial score (nSPS) is 10.6. The van der Waals surface area contributed by atoms with Crippen LogP contribution in [0.4, 0.5) is 5.69 Å². The monoisotopic (exact) mass is 474 g/mol. The molecule has 0 atom stereocenters. The molecule has 29 heavy (non-hydrogen) atoms. The van der Waals surface area contributed by atoms with Gasteiger partial charge in [0.1, 0.15) is 11.5 Å². The Morgan fingerprint density at radius 2 is 2.14 bits per heavy atom. The second-order valence-corrected chi connectivity index (χ2v) is 7.76. The number of carbonyl (C=O) groups excluding carboxylic acids is 1. The van der Waals surface area contributed by atoms with E-state index in [0.717, 1.165) is 4.47 Å². The fourth-order valence-electron chi connectivity index (χ4n) is 2.64. The van der Waals surface area contributed by atoms with Crippen LogP contribution in [0.25, 0.3) is 11.4 Å². The number of nitrogens with zero attached hydrogens (tertiary/aromatic N) is 3. The first-order valence-electron chi connectivity index (χ1n) is 8.62. The van der Waals surface area contributed by atoms with Crippen molar-refractivity contribution in [1.29, 1.82) is 0 Å². The topological polar surface area (TPSA) is 89.3 Å². The molecule has 0 spiro atoms. The molecule has 2 aromatic carbocycles. The van der Waals surface area contributed by atoms with Gasteiger partial charge in [-0.2, -0.15) is 0 Å². The van der Waals surface area contributed by atoms with Gasteiger partial charge in [0, 0.05) is 11.0 Å². The fraction of sp³-hybridized carbons (Fsp3) is 0.150. The summed E-state index contributed by atoms with van der Waals surface area (Å²) in [5, 5.41) is 22.0. The van der Waals surface area contributed by atoms with Crippen molar-refractivity contribution in [3.63, 3.8) is 0 Å². The van der Waals surface area contributed by atoms with E-state index in [-0.39, 0.29) is 17.4 Å². The first-order chi connectivity index (χ1) is 14.0. The quantitative estimate of drug-likeness (QED) is 0.372. The molecule has 0 radical (unpaired) electrons. The Labute approximate surface area is 180 Å². The van der Waals surface area contributed by atoms with Gasteiger partial charge in [-0.1, -0.05) is 45.9 Å². The highest BCUT2D eigenvalue weighted by Crippen LogP contribution is 2.33. The Morgan fingerprint density at radius 3 is 2.90 bits per heavy atom. The maximum absolute atomic E-state index is 12.4. The maximum Gasteiger partial charge on any atom is 0.234 e. The number of methoxy groups -OCH3 is 1. The summed E-state index contributed by atoms with van der Waals surface area (Å²) in [6.45, 7) is 4.21. The number of carbonyl (C=O) groups is 1. The molecule has 3 rings (SSSR count). The zero-order chi connectivity index (χ0) is 20.8. The Bertz CT molecular complexity index is 1040. The predicted octanol–water partition coefficient (Wildman–Crippen LogP) is 4.34. The molecule has 7 nitrogen and oxygen atoms in total. The first-order valence-corrected chi connectivity index (χ1v) is 10.4. The molecule has 0 saturated heterocycles. The van der Waals surface area contributed by atoms with Crippen molar-refractivity contribution in [1.82, 2.24) is 14.8 Å². The molecular formula is C20H19BrN4O3S. The number of anilines is 1. The van der Waals surface area contributed by atoms with Crippen molar-refractivity contribution in [2.24, 2.45) is 0 Å². The second kappa shape index (κ2) is 9.62. The number of ether oxygens (including phenoxy) is 1. The lowest BCUT2D eigenvalue weighted by Gasteiger charge is -2.11. The molecule has 0 saturated carbocycles. The molecule has 0 fully saturated rings. The van der Waals surface area contributed by atoms with Gasteiger partial charge >= 0.3 is 0 Å². The lowest BCUT2D eigenvalue weighted by Crippen LogP contribution is -2.15. The molecule has 150 valence electrons. The largest absolute Gasteiger partial charge is 0.507 e. The van der Waals surface area contributed by atoms with E-state index in [0.29, 0.717) is 34.5 Å². The third-order valence-electron chi connectivity index (χ3n) is 3.94. The minimum Gasteiger partial charge on any atom is -0.507 e. The number of allylic oxidation sites excluding steroid dienone is 1. The lowest BCUT2D eigenvalue weighted by atomic mass is 10.2. The van der Waals surface area contributed by atoms with Gasteiger partial charge in [-0.25, -0.2) is 0 Å². The van der Waals surface area contributed by atoms with Gasteiger partial charge in [0.05, 0.1) is 24.1 Å². The van der Waals surface area contributed by atoms with E-state index >= 15 is 0 Å². The predicted molar refractivity (Wildman–Crippen MR) is 117 cm³/mol. The Hall–Kier alpha value is -2.78. The van der Waals surface area contributed by atoms with Crippen LogP contribution in [0.2, 0.25) is 0 Å². The molecule has 0 unspecified atom stereocenters. The van der Waals surface area contributed by atoms with Crippen molar-refractivity contribution in [3.8, 4) is 22.9 Å². The van der Waals surface area contributed by atoms with Crippen LogP contribution in [0.3, 0.4) is 0 Å². The van der Waals surface area contributed by atoms with Crippen molar-refractivity contribution >= 4 is 39.3 Å². The Balaban J connectivity index is 1.77. The molecule has 0 aliphatic heterocycles. The van der Waals surface area contributed by atoms with Crippen LogP contribution in [0.15, 0.2) is 64.7 Å². The molecule has 1 amide bonds. The number of phenols is 1. The van der Waals surface area contributed by atoms with E-state index in [4.69, 9.17) is 4.74 Å². The number of aromatic nitrogens is 3. The average Bonchev–Trinajstić information content (AvgIpc) is 3.11. The van der Waals surface area contributed by atoms with Crippen molar-refractivity contribution in [2.75, 3.05) is 18.2 Å². The first kappa shape index (κ1) is 20.9. The highest BCUT2D eigenvalue weighted by Gasteiger charge is 2.18. The van der Waals surface area contributed by atoms with Crippen LogP contribution < -0.4 is 10.1 Å². The summed E-state index contributed by atoms with van der Waals surface area (Å²) in [6, 6.07) is 12.3. The molecule has 3 aromatic rings. The number of thioether (sulfide) groups is 1. The van der Waals surface area contributed by atoms with Crippen LogP contribution in [-0.2, 0) is 11.3 Å². The third-order valence-corrected chi connectivity index (χ3v) is 5.40. The Morgan fingerprint density at radius 1 is 1.34 bits per heavy atom. The summed E-state index contributed by atoms with van der Waals surface area (Å²) in [4.78, 5) is 12.4. The van der Waals surface area contributed by atoms with Crippen LogP contribution >= 0.6 is 27.7 Å². The molecule has 0 aliphatic rings. The third kappa shape index (κ3) is 4.99. The van der Waals surface area contributed by atoms with E-state index in [2.05, 4.69) is 38.0 Å². The van der Waals surface area contributed by atoms with Crippen LogP contribution in [0.1, 0.15) is 0 Å². The fourth-order valence-corrected chi connectivity index (χ4v) is 3.75. The lowest BCUT2D eigenvalue weighted by molar-refractivity contribution is -0.113. The minimum absolute atomic E-state index is 0.0939. The SMILES string of the molecule is C=CCn1c(SCC(=O)Nc2ccccc2OC)nnc1-c1cc(Br)ccc1O. The van der Waals surface area contributed by atoms with Crippen molar-refractivity contribution in [3.05, 3.63) is 59.6 Å². The van der Waals surface area contributed by atoms with Gasteiger partial charge in [0.25, 0.3) is 0 Å². The number of para-hydroxylation sites is 2. The minimum atomic E-state index is -0.195. The van der Waals surface area contributed by atoms with E-state index in [1.165, 1.54) is 11.8 Å². The number of benzene rings is 2. The number of phenolic OH excluding ortho intramolecular Hbond substituents is 1. The van der Waals surface area contributed by atoms with E-state index in [1.54, 1.807) is 48.1 Å². The van der Waals surface area contributed by atoms with Gasteiger partial charge in [-0.05, 0) is 30.3 Å². The number of rotatable bonds is 8. The molecule has 1 heterocycles. The smallest absolute Gasteiger partial charge is 0.234 e. The zero-order valence-electron chi connectivity index (χ0n) is 15.6. The summed E-state index contributed by atoms with van der Waals surface area (Å²) < 4.78 is 7.86. The second-order valence-electron chi connectivity index (χ2n) is 5.90. The number of aromatic hydroxyl groups is 1. The summed E-state index contributed by atoms with van der Waals surface area (Å²) in [5.74, 6) is 1.12. The van der Waals surface area contributed by atoms with Crippen LogP contribution in [0.5, 0.6) is 11.5 Å². The molecular weight excluding hydrogens is 456 g/mol. The number of hydrogen-bond donors (Lipinski definition) is 2. The van der Waals surface area contributed by atoms with Crippen molar-refractivity contribution in [2.45, 2.75) is 11.7 Å².